The van der Waals surface area contributed by atoms with Crippen LogP contribution in [0.2, 0.25) is 0 Å². The summed E-state index contributed by atoms with van der Waals surface area (Å²) in [4.78, 5) is 0. The smallest absolute Gasteiger partial charge is 0.122 e. The standard InChI is InChI=1S/C19H23NO3.ClH/c1-22-17-10-6-5-7-15(17)13-19(21,16-8-3-2-4-9-16)18-14-20-11-12-23-18;/h2-10,18,20-21H,11-14H2,1H3;1H/p-1/t18-,19+;/m0./s1. The second-order valence-electron chi connectivity index (χ2n) is 5.84. The molecule has 0 amide bonds. The van der Waals surface area contributed by atoms with Gasteiger partial charge in [-0.3, -0.25) is 0 Å². The van der Waals surface area contributed by atoms with Gasteiger partial charge >= 0.3 is 0 Å². The van der Waals surface area contributed by atoms with E-state index in [0.29, 0.717) is 19.6 Å². The predicted octanol–water partition coefficient (Wildman–Crippen LogP) is -0.882. The molecular weight excluding hydrogens is 326 g/mol. The molecule has 2 atom stereocenters. The molecular formula is C19H23ClNO3-. The van der Waals surface area contributed by atoms with Crippen LogP contribution in [0.15, 0.2) is 54.6 Å². The average Bonchev–Trinajstić information content (AvgIpc) is 2.63. The molecule has 1 fully saturated rings. The van der Waals surface area contributed by atoms with Crippen molar-refractivity contribution in [2.45, 2.75) is 18.1 Å². The summed E-state index contributed by atoms with van der Waals surface area (Å²) in [6.07, 6.45) is 0.136. The summed E-state index contributed by atoms with van der Waals surface area (Å²) >= 11 is 0. The van der Waals surface area contributed by atoms with E-state index in [0.717, 1.165) is 23.4 Å². The van der Waals surface area contributed by atoms with Gasteiger partial charge in [-0.25, -0.2) is 0 Å². The quantitative estimate of drug-likeness (QED) is 0.737. The second kappa shape index (κ2) is 8.49. The van der Waals surface area contributed by atoms with Crippen LogP contribution in [0.5, 0.6) is 5.75 Å². The van der Waals surface area contributed by atoms with E-state index >= 15 is 0 Å². The van der Waals surface area contributed by atoms with Crippen LogP contribution in [-0.2, 0) is 16.8 Å². The molecule has 0 radical (unpaired) electrons. The zero-order chi connectivity index (χ0) is 16.1. The lowest BCUT2D eigenvalue weighted by Gasteiger charge is -2.39. The van der Waals surface area contributed by atoms with Crippen molar-refractivity contribution in [1.29, 1.82) is 0 Å². The van der Waals surface area contributed by atoms with E-state index in [1.807, 2.05) is 54.6 Å². The number of halogens is 1. The Hall–Kier alpha value is -1.59. The van der Waals surface area contributed by atoms with Crippen LogP contribution in [0, 0.1) is 0 Å². The lowest BCUT2D eigenvalue weighted by Crippen LogP contribution is -3.00. The first-order valence-electron chi connectivity index (χ1n) is 7.96. The largest absolute Gasteiger partial charge is 1.00 e. The first kappa shape index (κ1) is 18.7. The molecule has 1 heterocycles. The van der Waals surface area contributed by atoms with E-state index < -0.39 is 5.60 Å². The molecule has 5 heteroatoms. The molecule has 2 aromatic rings. The number of ether oxygens (including phenoxy) is 2. The molecule has 2 N–H and O–H groups in total. The summed E-state index contributed by atoms with van der Waals surface area (Å²) < 4.78 is 11.3. The van der Waals surface area contributed by atoms with Gasteiger partial charge in [0.1, 0.15) is 17.5 Å². The van der Waals surface area contributed by atoms with Crippen LogP contribution < -0.4 is 22.5 Å². The molecule has 2 aromatic carbocycles. The van der Waals surface area contributed by atoms with Gasteiger partial charge in [-0.2, -0.15) is 0 Å². The van der Waals surface area contributed by atoms with Gasteiger partial charge in [0.25, 0.3) is 0 Å². The zero-order valence-corrected chi connectivity index (χ0v) is 14.5. The molecule has 1 aliphatic rings. The topological polar surface area (TPSA) is 50.7 Å². The van der Waals surface area contributed by atoms with Gasteiger partial charge in [-0.1, -0.05) is 48.5 Å². The van der Waals surface area contributed by atoms with Gasteiger partial charge in [-0.15, -0.1) is 0 Å². The van der Waals surface area contributed by atoms with Crippen molar-refractivity contribution in [1.82, 2.24) is 5.32 Å². The van der Waals surface area contributed by atoms with Crippen LogP contribution in [0.4, 0.5) is 0 Å². The summed E-state index contributed by atoms with van der Waals surface area (Å²) in [7, 11) is 1.65. The Kier molecular flexibility index (Phi) is 6.63. The monoisotopic (exact) mass is 348 g/mol. The van der Waals surface area contributed by atoms with Gasteiger partial charge in [0.15, 0.2) is 0 Å². The number of methoxy groups -OCH3 is 1. The van der Waals surface area contributed by atoms with Crippen molar-refractivity contribution < 1.29 is 27.0 Å². The third kappa shape index (κ3) is 3.90. The fourth-order valence-electron chi connectivity index (χ4n) is 3.14. The van der Waals surface area contributed by atoms with E-state index in [4.69, 9.17) is 9.47 Å². The Balaban J connectivity index is 0.00000208. The number of benzene rings is 2. The van der Waals surface area contributed by atoms with Crippen molar-refractivity contribution in [3.63, 3.8) is 0 Å². The Labute approximate surface area is 149 Å². The average molecular weight is 349 g/mol. The highest BCUT2D eigenvalue weighted by molar-refractivity contribution is 5.37. The van der Waals surface area contributed by atoms with E-state index in [-0.39, 0.29) is 18.5 Å². The molecule has 1 saturated heterocycles. The third-order valence-electron chi connectivity index (χ3n) is 4.39. The van der Waals surface area contributed by atoms with Gasteiger partial charge in [0.2, 0.25) is 0 Å². The minimum absolute atomic E-state index is 0. The van der Waals surface area contributed by atoms with Crippen LogP contribution in [0.3, 0.4) is 0 Å². The van der Waals surface area contributed by atoms with Gasteiger partial charge in [0.05, 0.1) is 13.7 Å². The van der Waals surface area contributed by atoms with Gasteiger partial charge in [0, 0.05) is 19.5 Å². The van der Waals surface area contributed by atoms with Crippen molar-refractivity contribution >= 4 is 0 Å². The Bertz CT molecular complexity index is 632. The Morgan fingerprint density at radius 3 is 2.54 bits per heavy atom. The molecule has 130 valence electrons. The van der Waals surface area contributed by atoms with Crippen molar-refractivity contribution in [3.8, 4) is 5.75 Å². The number of para-hydroxylation sites is 1. The molecule has 0 aliphatic carbocycles. The summed E-state index contributed by atoms with van der Waals surface area (Å²) in [5.74, 6) is 0.783. The summed E-state index contributed by atoms with van der Waals surface area (Å²) in [5.41, 5.74) is 0.721. The molecule has 1 aliphatic heterocycles. The van der Waals surface area contributed by atoms with Crippen LogP contribution in [0.1, 0.15) is 11.1 Å². The predicted molar refractivity (Wildman–Crippen MR) is 89.6 cm³/mol. The molecule has 4 nitrogen and oxygen atoms in total. The minimum atomic E-state index is -1.11. The number of nitrogens with one attached hydrogen (secondary N) is 1. The SMILES string of the molecule is COc1ccccc1C[C@@](O)(c1ccccc1)[C@@H]1CNCCO1.[Cl-]. The molecule has 0 spiro atoms. The van der Waals surface area contributed by atoms with E-state index in [1.165, 1.54) is 0 Å². The summed E-state index contributed by atoms with van der Waals surface area (Å²) in [5, 5.41) is 14.9. The maximum Gasteiger partial charge on any atom is 0.122 e. The highest BCUT2D eigenvalue weighted by Gasteiger charge is 2.40. The van der Waals surface area contributed by atoms with Gasteiger partial charge < -0.3 is 32.3 Å². The Morgan fingerprint density at radius 1 is 1.17 bits per heavy atom. The molecule has 24 heavy (non-hydrogen) atoms. The van der Waals surface area contributed by atoms with E-state index in [1.54, 1.807) is 7.11 Å². The first-order chi connectivity index (χ1) is 11.2. The van der Waals surface area contributed by atoms with E-state index in [2.05, 4.69) is 5.32 Å². The number of aliphatic hydroxyl groups is 1. The summed E-state index contributed by atoms with van der Waals surface area (Å²) in [6, 6.07) is 17.5. The van der Waals surface area contributed by atoms with Crippen molar-refractivity contribution in [3.05, 3.63) is 65.7 Å². The molecule has 0 bridgehead atoms. The number of hydrogen-bond acceptors (Lipinski definition) is 4. The third-order valence-corrected chi connectivity index (χ3v) is 4.39. The van der Waals surface area contributed by atoms with Gasteiger partial charge in [-0.05, 0) is 17.2 Å². The number of hydrogen-bond donors (Lipinski definition) is 2. The molecule has 0 aromatic heterocycles. The molecule has 3 rings (SSSR count). The maximum absolute atomic E-state index is 11.6. The maximum atomic E-state index is 11.6. The van der Waals surface area contributed by atoms with E-state index in [9.17, 15) is 5.11 Å². The lowest BCUT2D eigenvalue weighted by atomic mass is 9.81. The van der Waals surface area contributed by atoms with Crippen LogP contribution in [0.25, 0.3) is 0 Å². The Morgan fingerprint density at radius 2 is 1.88 bits per heavy atom. The van der Waals surface area contributed by atoms with Crippen LogP contribution in [-0.4, -0.2) is 38.0 Å². The zero-order valence-electron chi connectivity index (χ0n) is 13.7. The minimum Gasteiger partial charge on any atom is -1.00 e. The molecule has 0 unspecified atom stereocenters. The normalized spacial score (nSPS) is 19.8. The van der Waals surface area contributed by atoms with Crippen molar-refractivity contribution in [2.75, 3.05) is 26.8 Å². The molecule has 0 saturated carbocycles. The number of morpholine rings is 1. The second-order valence-corrected chi connectivity index (χ2v) is 5.84. The lowest BCUT2D eigenvalue weighted by molar-refractivity contribution is -0.124. The summed E-state index contributed by atoms with van der Waals surface area (Å²) in [6.45, 7) is 2.04. The highest BCUT2D eigenvalue weighted by Crippen LogP contribution is 2.34. The highest BCUT2D eigenvalue weighted by atomic mass is 35.5. The first-order valence-corrected chi connectivity index (χ1v) is 7.96. The van der Waals surface area contributed by atoms with Crippen LogP contribution >= 0.6 is 0 Å². The fraction of sp³-hybridized carbons (Fsp3) is 0.368. The van der Waals surface area contributed by atoms with Crippen molar-refractivity contribution in [2.24, 2.45) is 0 Å². The number of rotatable bonds is 5. The fourth-order valence-corrected chi connectivity index (χ4v) is 3.14.